The van der Waals surface area contributed by atoms with Crippen molar-refractivity contribution in [3.05, 3.63) is 41.2 Å². The van der Waals surface area contributed by atoms with Gasteiger partial charge in [-0.05, 0) is 17.9 Å². The Morgan fingerprint density at radius 1 is 1.14 bits per heavy atom. The highest BCUT2D eigenvalue weighted by Gasteiger charge is 2.14. The van der Waals surface area contributed by atoms with E-state index in [1.807, 2.05) is 19.1 Å². The van der Waals surface area contributed by atoms with E-state index in [1.54, 1.807) is 0 Å². The topological polar surface area (TPSA) is 65.0 Å². The third kappa shape index (κ3) is 3.62. The molecular weight excluding hydrogens is 266 g/mol. The van der Waals surface area contributed by atoms with Gasteiger partial charge < -0.3 is 4.74 Å². The Morgan fingerprint density at radius 3 is 2.33 bits per heavy atom. The highest BCUT2D eigenvalue weighted by molar-refractivity contribution is 5.55. The van der Waals surface area contributed by atoms with E-state index in [0.717, 1.165) is 5.56 Å². The van der Waals surface area contributed by atoms with Gasteiger partial charge in [0.1, 0.15) is 12.3 Å². The van der Waals surface area contributed by atoms with E-state index in [0.29, 0.717) is 23.7 Å². The van der Waals surface area contributed by atoms with Crippen molar-refractivity contribution in [2.24, 2.45) is 0 Å². The summed E-state index contributed by atoms with van der Waals surface area (Å²) in [5.41, 5.74) is 3.57. The average molecular weight is 285 g/mol. The summed E-state index contributed by atoms with van der Waals surface area (Å²) in [6.45, 7) is 8.83. The van der Waals surface area contributed by atoms with Crippen LogP contribution in [0.1, 0.15) is 37.7 Å². The van der Waals surface area contributed by atoms with Crippen LogP contribution in [-0.4, -0.2) is 21.7 Å². The van der Waals surface area contributed by atoms with Crippen molar-refractivity contribution >= 4 is 6.47 Å². The summed E-state index contributed by atoms with van der Waals surface area (Å²) in [6, 6.07) is 8.16. The number of aryl methyl sites for hydroxylation is 1. The Hall–Kier alpha value is -2.30. The maximum atomic E-state index is 10.2. The van der Waals surface area contributed by atoms with Crippen molar-refractivity contribution in [2.75, 3.05) is 0 Å². The van der Waals surface area contributed by atoms with Crippen molar-refractivity contribution in [1.29, 1.82) is 0 Å². The highest BCUT2D eigenvalue weighted by Crippen LogP contribution is 2.24. The molecule has 0 N–H and O–H groups in total. The summed E-state index contributed by atoms with van der Waals surface area (Å²) in [4.78, 5) is 14.6. The molecule has 0 aliphatic carbocycles. The molecule has 0 saturated carbocycles. The van der Waals surface area contributed by atoms with E-state index < -0.39 is 0 Å². The maximum absolute atomic E-state index is 10.2. The van der Waals surface area contributed by atoms with Gasteiger partial charge in [0.2, 0.25) is 0 Å². The van der Waals surface area contributed by atoms with Crippen molar-refractivity contribution in [3.63, 3.8) is 0 Å². The molecule has 0 radical (unpaired) electrons. The molecule has 1 heterocycles. The zero-order chi connectivity index (χ0) is 15.5. The highest BCUT2D eigenvalue weighted by atomic mass is 16.5. The molecule has 1 aromatic heterocycles. The number of ether oxygens (including phenoxy) is 1. The molecule has 0 amide bonds. The minimum Gasteiger partial charge on any atom is -0.461 e. The zero-order valence-electron chi connectivity index (χ0n) is 12.8. The fourth-order valence-corrected chi connectivity index (χ4v) is 1.91. The molecule has 0 bridgehead atoms. The normalized spacial score (nSPS) is 11.2. The molecule has 0 aliphatic heterocycles. The minimum absolute atomic E-state index is 0.0958. The van der Waals surface area contributed by atoms with Gasteiger partial charge in [-0.15, -0.1) is 10.2 Å². The van der Waals surface area contributed by atoms with Crippen LogP contribution in [-0.2, 0) is 21.6 Å². The van der Waals surface area contributed by atoms with Gasteiger partial charge in [-0.3, -0.25) is 4.79 Å². The first-order valence-corrected chi connectivity index (χ1v) is 6.78. The summed E-state index contributed by atoms with van der Waals surface area (Å²) in [7, 11) is 0. The first-order valence-electron chi connectivity index (χ1n) is 6.78. The number of nitrogens with zero attached hydrogens (tertiary/aromatic N) is 3. The number of aromatic nitrogens is 3. The van der Waals surface area contributed by atoms with Crippen LogP contribution < -0.4 is 0 Å². The molecule has 5 nitrogen and oxygen atoms in total. The molecule has 0 atom stereocenters. The largest absolute Gasteiger partial charge is 0.461 e. The Balaban J connectivity index is 2.26. The molecule has 0 aliphatic rings. The lowest BCUT2D eigenvalue weighted by molar-refractivity contribution is -0.129. The summed E-state index contributed by atoms with van der Waals surface area (Å²) in [5.74, 6) is 0.572. The number of carbonyl (C=O) groups is 1. The minimum atomic E-state index is 0.0958. The molecular formula is C16H19N3O2. The average Bonchev–Trinajstić information content (AvgIpc) is 2.45. The van der Waals surface area contributed by atoms with Crippen molar-refractivity contribution in [1.82, 2.24) is 15.2 Å². The molecule has 0 spiro atoms. The van der Waals surface area contributed by atoms with Crippen LogP contribution in [0.15, 0.2) is 24.3 Å². The second kappa shape index (κ2) is 5.99. The molecule has 2 rings (SSSR count). The SMILES string of the molecule is Cc1nc(-c2ccc(C(C)(C)C)cc2)nnc1COC=O. The molecule has 5 heteroatoms. The third-order valence-electron chi connectivity index (χ3n) is 3.25. The molecule has 1 aromatic carbocycles. The van der Waals surface area contributed by atoms with E-state index in [2.05, 4.69) is 52.8 Å². The maximum Gasteiger partial charge on any atom is 0.293 e. The molecule has 110 valence electrons. The van der Waals surface area contributed by atoms with Crippen molar-refractivity contribution in [3.8, 4) is 11.4 Å². The third-order valence-corrected chi connectivity index (χ3v) is 3.25. The number of hydrogen-bond acceptors (Lipinski definition) is 5. The van der Waals surface area contributed by atoms with E-state index in [4.69, 9.17) is 0 Å². The predicted octanol–water partition coefficient (Wildman–Crippen LogP) is 2.82. The van der Waals surface area contributed by atoms with Gasteiger partial charge in [-0.25, -0.2) is 4.98 Å². The van der Waals surface area contributed by atoms with E-state index in [9.17, 15) is 4.79 Å². The van der Waals surface area contributed by atoms with Gasteiger partial charge in [0.05, 0.1) is 5.69 Å². The molecule has 2 aromatic rings. The van der Waals surface area contributed by atoms with Crippen LogP contribution in [0.4, 0.5) is 0 Å². The fourth-order valence-electron chi connectivity index (χ4n) is 1.91. The van der Waals surface area contributed by atoms with Crippen molar-refractivity contribution in [2.45, 2.75) is 39.7 Å². The van der Waals surface area contributed by atoms with Gasteiger partial charge >= 0.3 is 0 Å². The number of rotatable bonds is 4. The van der Waals surface area contributed by atoms with Gasteiger partial charge in [0, 0.05) is 5.56 Å². The molecule has 0 unspecified atom stereocenters. The van der Waals surface area contributed by atoms with E-state index in [1.165, 1.54) is 5.56 Å². The Morgan fingerprint density at radius 2 is 1.81 bits per heavy atom. The monoisotopic (exact) mass is 285 g/mol. The predicted molar refractivity (Wildman–Crippen MR) is 79.6 cm³/mol. The summed E-state index contributed by atoms with van der Waals surface area (Å²) >= 11 is 0. The number of hydrogen-bond donors (Lipinski definition) is 0. The van der Waals surface area contributed by atoms with Gasteiger partial charge in [0.15, 0.2) is 5.82 Å². The zero-order valence-corrected chi connectivity index (χ0v) is 12.8. The first-order chi connectivity index (χ1) is 9.91. The van der Waals surface area contributed by atoms with Gasteiger partial charge in [0.25, 0.3) is 6.47 Å². The van der Waals surface area contributed by atoms with Gasteiger partial charge in [-0.1, -0.05) is 45.0 Å². The first kappa shape index (κ1) is 15.1. The molecule has 21 heavy (non-hydrogen) atoms. The number of carbonyl (C=O) groups excluding carboxylic acids is 1. The van der Waals surface area contributed by atoms with Crippen molar-refractivity contribution < 1.29 is 9.53 Å². The smallest absolute Gasteiger partial charge is 0.293 e. The lowest BCUT2D eigenvalue weighted by Gasteiger charge is -2.18. The summed E-state index contributed by atoms with van der Waals surface area (Å²) < 4.78 is 4.68. The standard InChI is InChI=1S/C16H19N3O2/c1-11-14(9-21-10-20)18-19-15(17-11)12-5-7-13(8-6-12)16(2,3)4/h5-8,10H,9H2,1-4H3. The second-order valence-corrected chi connectivity index (χ2v) is 5.90. The van der Waals surface area contributed by atoms with E-state index in [-0.39, 0.29) is 12.0 Å². The number of benzene rings is 1. The fraction of sp³-hybridized carbons (Fsp3) is 0.375. The molecule has 0 saturated heterocycles. The van der Waals surface area contributed by atoms with Crippen LogP contribution in [0, 0.1) is 6.92 Å². The van der Waals surface area contributed by atoms with Gasteiger partial charge in [-0.2, -0.15) is 0 Å². The molecule has 0 fully saturated rings. The van der Waals surface area contributed by atoms with E-state index >= 15 is 0 Å². The summed E-state index contributed by atoms with van der Waals surface area (Å²) in [5, 5.41) is 8.16. The Bertz CT molecular complexity index is 631. The quantitative estimate of drug-likeness (QED) is 0.808. The van der Waals surface area contributed by atoms with Crippen LogP contribution in [0.3, 0.4) is 0 Å². The van der Waals surface area contributed by atoms with Crippen LogP contribution in [0.25, 0.3) is 11.4 Å². The summed E-state index contributed by atoms with van der Waals surface area (Å²) in [6.07, 6.45) is 0. The lowest BCUT2D eigenvalue weighted by Crippen LogP contribution is -2.10. The van der Waals surface area contributed by atoms with Crippen LogP contribution in [0.2, 0.25) is 0 Å². The van der Waals surface area contributed by atoms with Crippen LogP contribution in [0.5, 0.6) is 0 Å². The Kier molecular flexibility index (Phi) is 4.31. The Labute approximate surface area is 124 Å². The van der Waals surface area contributed by atoms with Crippen LogP contribution >= 0.6 is 0 Å². The second-order valence-electron chi connectivity index (χ2n) is 5.90. The lowest BCUT2D eigenvalue weighted by atomic mass is 9.87.